The predicted octanol–water partition coefficient (Wildman–Crippen LogP) is -0.740. The smallest absolute Gasteiger partial charge is 0.0326 e. The summed E-state index contributed by atoms with van der Waals surface area (Å²) in [5.41, 5.74) is 16.1. The summed E-state index contributed by atoms with van der Waals surface area (Å²) in [5.74, 6) is 0. The minimum absolute atomic E-state index is 0.379. The Hall–Kier alpha value is -0.960. The third-order valence-corrected chi connectivity index (χ3v) is 0.657. The fourth-order valence-electron chi connectivity index (χ4n) is 0.247. The fraction of sp³-hybridized carbons (Fsp3) is 0.200. The van der Waals surface area contributed by atoms with E-state index < -0.39 is 0 Å². The molecule has 0 saturated carbocycles. The lowest BCUT2D eigenvalue weighted by Crippen LogP contribution is -2.10. The molecule has 0 aliphatic heterocycles. The molecule has 0 fully saturated rings. The summed E-state index contributed by atoms with van der Waals surface area (Å²) in [6, 6.07) is 0. The highest BCUT2D eigenvalue weighted by Gasteiger charge is 1.76. The molecule has 0 saturated heterocycles. The monoisotopic (exact) mass is 113 g/mol. The summed E-state index contributed by atoms with van der Waals surface area (Å²) in [7, 11) is 0. The molecule has 0 aromatic heterocycles. The molecule has 0 aromatic carbocycles. The van der Waals surface area contributed by atoms with Crippen LogP contribution in [-0.4, -0.2) is 6.54 Å². The molecular formula is C5H11N3. The Labute approximate surface area is 48.8 Å². The number of hydrogen-bond donors (Lipinski definition) is 3. The van der Waals surface area contributed by atoms with Crippen molar-refractivity contribution in [3.63, 3.8) is 0 Å². The van der Waals surface area contributed by atoms with E-state index in [0.717, 1.165) is 0 Å². The molecule has 0 unspecified atom stereocenters. The van der Waals surface area contributed by atoms with Crippen LogP contribution in [0.2, 0.25) is 0 Å². The average molecular weight is 113 g/mol. The predicted molar refractivity (Wildman–Crippen MR) is 34.7 cm³/mol. The molecule has 0 aliphatic rings. The summed E-state index contributed by atoms with van der Waals surface area (Å²) >= 11 is 0. The van der Waals surface area contributed by atoms with Gasteiger partial charge < -0.3 is 17.2 Å². The van der Waals surface area contributed by atoms with Crippen LogP contribution in [0.1, 0.15) is 0 Å². The van der Waals surface area contributed by atoms with Crippen molar-refractivity contribution in [1.29, 1.82) is 0 Å². The van der Waals surface area contributed by atoms with Crippen molar-refractivity contribution in [2.75, 3.05) is 6.54 Å². The highest BCUT2D eigenvalue weighted by molar-refractivity contribution is 5.09. The number of rotatable bonds is 2. The molecule has 3 heteroatoms. The molecule has 6 N–H and O–H groups in total. The lowest BCUT2D eigenvalue weighted by atomic mass is 10.4. The molecule has 0 rings (SSSR count). The standard InChI is InChI=1S/C5H11N3/c6-3-1-2-5(8)4-7/h1-3H,4,6-8H2/b3-1-,5-2-. The Balaban J connectivity index is 3.57. The van der Waals surface area contributed by atoms with E-state index in [1.165, 1.54) is 6.20 Å². The molecule has 0 bridgehead atoms. The van der Waals surface area contributed by atoms with Gasteiger partial charge in [0, 0.05) is 12.2 Å². The van der Waals surface area contributed by atoms with Gasteiger partial charge in [-0.1, -0.05) is 0 Å². The fourth-order valence-corrected chi connectivity index (χ4v) is 0.247. The average Bonchev–Trinajstić information content (AvgIpc) is 1.83. The largest absolute Gasteiger partial charge is 0.405 e. The summed E-state index contributed by atoms with van der Waals surface area (Å²) in [6.45, 7) is 0.379. The first-order chi connectivity index (χ1) is 3.81. The quantitative estimate of drug-likeness (QED) is 0.413. The summed E-state index contributed by atoms with van der Waals surface area (Å²) < 4.78 is 0. The molecule has 8 heavy (non-hydrogen) atoms. The van der Waals surface area contributed by atoms with E-state index in [1.807, 2.05) is 0 Å². The van der Waals surface area contributed by atoms with Gasteiger partial charge in [-0.15, -0.1) is 0 Å². The molecule has 0 atom stereocenters. The second kappa shape index (κ2) is 4.21. The second-order valence-electron chi connectivity index (χ2n) is 1.33. The zero-order chi connectivity index (χ0) is 6.41. The van der Waals surface area contributed by atoms with E-state index >= 15 is 0 Å². The van der Waals surface area contributed by atoms with Gasteiger partial charge in [0.05, 0.1) is 0 Å². The highest BCUT2D eigenvalue weighted by atomic mass is 14.7. The normalized spacial score (nSPS) is 12.9. The molecule has 0 aliphatic carbocycles. The van der Waals surface area contributed by atoms with E-state index in [1.54, 1.807) is 12.2 Å². The van der Waals surface area contributed by atoms with Crippen molar-refractivity contribution in [2.45, 2.75) is 0 Å². The zero-order valence-electron chi connectivity index (χ0n) is 4.67. The third kappa shape index (κ3) is 3.24. The van der Waals surface area contributed by atoms with Gasteiger partial charge in [-0.3, -0.25) is 0 Å². The van der Waals surface area contributed by atoms with Crippen LogP contribution < -0.4 is 17.2 Å². The number of hydrogen-bond acceptors (Lipinski definition) is 3. The van der Waals surface area contributed by atoms with Gasteiger partial charge in [-0.25, -0.2) is 0 Å². The first-order valence-corrected chi connectivity index (χ1v) is 2.34. The lowest BCUT2D eigenvalue weighted by Gasteiger charge is -1.88. The number of allylic oxidation sites excluding steroid dienone is 2. The SMILES string of the molecule is N/C=C\C=C(/N)CN. The van der Waals surface area contributed by atoms with Crippen LogP contribution in [-0.2, 0) is 0 Å². The highest BCUT2D eigenvalue weighted by Crippen LogP contribution is 1.77. The molecule has 0 aromatic rings. The maximum atomic E-state index is 5.29. The van der Waals surface area contributed by atoms with Crippen molar-refractivity contribution in [3.8, 4) is 0 Å². The number of nitrogens with two attached hydrogens (primary N) is 3. The van der Waals surface area contributed by atoms with E-state index in [0.29, 0.717) is 12.2 Å². The van der Waals surface area contributed by atoms with Crippen molar-refractivity contribution in [3.05, 3.63) is 24.0 Å². The second-order valence-corrected chi connectivity index (χ2v) is 1.33. The maximum Gasteiger partial charge on any atom is 0.0326 e. The first-order valence-electron chi connectivity index (χ1n) is 2.34. The van der Waals surface area contributed by atoms with E-state index in [-0.39, 0.29) is 0 Å². The first kappa shape index (κ1) is 7.04. The van der Waals surface area contributed by atoms with Gasteiger partial charge in [0.15, 0.2) is 0 Å². The summed E-state index contributed by atoms with van der Waals surface area (Å²) in [5, 5.41) is 0. The van der Waals surface area contributed by atoms with Crippen LogP contribution >= 0.6 is 0 Å². The Morgan fingerprint density at radius 2 is 2.12 bits per heavy atom. The van der Waals surface area contributed by atoms with Gasteiger partial charge in [-0.05, 0) is 18.4 Å². The molecule has 3 nitrogen and oxygen atoms in total. The van der Waals surface area contributed by atoms with Crippen LogP contribution in [0.15, 0.2) is 24.0 Å². The maximum absolute atomic E-state index is 5.29. The Bertz CT molecular complexity index is 104. The molecule has 0 amide bonds. The van der Waals surface area contributed by atoms with Crippen molar-refractivity contribution in [2.24, 2.45) is 17.2 Å². The Kier molecular flexibility index (Phi) is 3.70. The zero-order valence-corrected chi connectivity index (χ0v) is 4.67. The van der Waals surface area contributed by atoms with Crippen LogP contribution in [0.5, 0.6) is 0 Å². The minimum Gasteiger partial charge on any atom is -0.405 e. The molecular weight excluding hydrogens is 102 g/mol. The van der Waals surface area contributed by atoms with Crippen LogP contribution in [0.3, 0.4) is 0 Å². The summed E-state index contributed by atoms with van der Waals surface area (Å²) in [4.78, 5) is 0. The van der Waals surface area contributed by atoms with Crippen LogP contribution in [0.25, 0.3) is 0 Å². The lowest BCUT2D eigenvalue weighted by molar-refractivity contribution is 1.11. The molecule has 0 heterocycles. The van der Waals surface area contributed by atoms with Crippen molar-refractivity contribution >= 4 is 0 Å². The molecule has 0 radical (unpaired) electrons. The Morgan fingerprint density at radius 1 is 1.50 bits per heavy atom. The van der Waals surface area contributed by atoms with E-state index in [9.17, 15) is 0 Å². The van der Waals surface area contributed by atoms with Gasteiger partial charge in [0.2, 0.25) is 0 Å². The van der Waals surface area contributed by atoms with Crippen molar-refractivity contribution < 1.29 is 0 Å². The van der Waals surface area contributed by atoms with Gasteiger partial charge in [0.1, 0.15) is 0 Å². The molecule has 46 valence electrons. The van der Waals surface area contributed by atoms with E-state index in [2.05, 4.69) is 0 Å². The van der Waals surface area contributed by atoms with Crippen molar-refractivity contribution in [1.82, 2.24) is 0 Å². The summed E-state index contributed by atoms with van der Waals surface area (Å²) in [6.07, 6.45) is 4.71. The van der Waals surface area contributed by atoms with E-state index in [4.69, 9.17) is 17.2 Å². The van der Waals surface area contributed by atoms with Gasteiger partial charge in [-0.2, -0.15) is 0 Å². The topological polar surface area (TPSA) is 78.1 Å². The molecule has 0 spiro atoms. The third-order valence-electron chi connectivity index (χ3n) is 0.657. The van der Waals surface area contributed by atoms with Gasteiger partial charge >= 0.3 is 0 Å². The van der Waals surface area contributed by atoms with Gasteiger partial charge in [0.25, 0.3) is 0 Å². The van der Waals surface area contributed by atoms with Crippen LogP contribution in [0.4, 0.5) is 0 Å². The minimum atomic E-state index is 0.379. The van der Waals surface area contributed by atoms with Crippen LogP contribution in [0, 0.1) is 0 Å². The Morgan fingerprint density at radius 3 is 2.50 bits per heavy atom.